The van der Waals surface area contributed by atoms with Gasteiger partial charge in [-0.15, -0.1) is 0 Å². The van der Waals surface area contributed by atoms with Gasteiger partial charge in [-0.3, -0.25) is 0 Å². The van der Waals surface area contributed by atoms with Gasteiger partial charge in [-0.2, -0.15) is 9.61 Å². The SMILES string of the molecule is Cc1cc(-c2cc3nc(C)c(C)c(N4[C@H]5CC[C@H]4CC(O)(c4nccn4C)C5)n3n2)no1. The highest BCUT2D eigenvalue weighted by molar-refractivity contribution is 5.65. The number of nitrogens with zero attached hydrogens (tertiary/aromatic N) is 7. The molecular weight excluding hydrogens is 406 g/mol. The Labute approximate surface area is 185 Å². The highest BCUT2D eigenvalue weighted by atomic mass is 16.5. The van der Waals surface area contributed by atoms with Crippen LogP contribution in [0, 0.1) is 20.8 Å². The Kier molecular flexibility index (Phi) is 4.05. The molecule has 9 nitrogen and oxygen atoms in total. The molecule has 0 aliphatic carbocycles. The van der Waals surface area contributed by atoms with Crippen molar-refractivity contribution in [1.82, 2.24) is 29.3 Å². The molecule has 0 spiro atoms. The van der Waals surface area contributed by atoms with Crippen LogP contribution in [0.1, 0.15) is 48.5 Å². The highest BCUT2D eigenvalue weighted by Gasteiger charge is 2.51. The summed E-state index contributed by atoms with van der Waals surface area (Å²) < 4.78 is 9.14. The maximum Gasteiger partial charge on any atom is 0.158 e. The van der Waals surface area contributed by atoms with E-state index in [0.717, 1.165) is 52.8 Å². The number of rotatable bonds is 3. The van der Waals surface area contributed by atoms with Gasteiger partial charge < -0.3 is 19.1 Å². The van der Waals surface area contributed by atoms with Crippen molar-refractivity contribution in [2.45, 2.75) is 64.1 Å². The summed E-state index contributed by atoms with van der Waals surface area (Å²) in [7, 11) is 1.95. The van der Waals surface area contributed by atoms with E-state index in [2.05, 4.69) is 22.0 Å². The van der Waals surface area contributed by atoms with Crippen LogP contribution in [-0.4, -0.2) is 46.5 Å². The molecule has 2 atom stereocenters. The van der Waals surface area contributed by atoms with E-state index < -0.39 is 5.60 Å². The molecule has 2 aliphatic heterocycles. The van der Waals surface area contributed by atoms with Crippen molar-refractivity contribution in [2.75, 3.05) is 4.90 Å². The van der Waals surface area contributed by atoms with Crippen molar-refractivity contribution >= 4 is 11.5 Å². The van der Waals surface area contributed by atoms with Gasteiger partial charge in [-0.1, -0.05) is 5.16 Å². The number of hydrogen-bond acceptors (Lipinski definition) is 7. The van der Waals surface area contributed by atoms with Crippen molar-refractivity contribution in [3.8, 4) is 11.4 Å². The topological polar surface area (TPSA) is 97.5 Å². The molecule has 1 N–H and O–H groups in total. The van der Waals surface area contributed by atoms with Crippen LogP contribution in [0.5, 0.6) is 0 Å². The van der Waals surface area contributed by atoms with Crippen LogP contribution < -0.4 is 4.90 Å². The summed E-state index contributed by atoms with van der Waals surface area (Å²) in [6.07, 6.45) is 7.03. The predicted molar refractivity (Wildman–Crippen MR) is 118 cm³/mol. The summed E-state index contributed by atoms with van der Waals surface area (Å²) in [6.45, 7) is 6.03. The molecule has 32 heavy (non-hydrogen) atoms. The lowest BCUT2D eigenvalue weighted by atomic mass is 9.85. The van der Waals surface area contributed by atoms with E-state index in [0.29, 0.717) is 18.5 Å². The molecule has 4 aromatic rings. The summed E-state index contributed by atoms with van der Waals surface area (Å²) >= 11 is 0. The van der Waals surface area contributed by atoms with Gasteiger partial charge in [0.05, 0.1) is 0 Å². The fourth-order valence-corrected chi connectivity index (χ4v) is 5.67. The zero-order chi connectivity index (χ0) is 22.2. The molecule has 2 fully saturated rings. The first-order valence-corrected chi connectivity index (χ1v) is 11.1. The van der Waals surface area contributed by atoms with Crippen molar-refractivity contribution < 1.29 is 9.63 Å². The van der Waals surface area contributed by atoms with Crippen LogP contribution in [0.25, 0.3) is 17.0 Å². The molecular formula is C23H27N7O2. The number of aromatic nitrogens is 6. The Morgan fingerprint density at radius 3 is 2.47 bits per heavy atom. The van der Waals surface area contributed by atoms with E-state index in [-0.39, 0.29) is 12.1 Å². The second kappa shape index (κ2) is 6.65. The molecule has 0 unspecified atom stereocenters. The number of imidazole rings is 1. The fraction of sp³-hybridized carbons (Fsp3) is 0.478. The van der Waals surface area contributed by atoms with E-state index >= 15 is 0 Å². The Morgan fingerprint density at radius 2 is 1.84 bits per heavy atom. The maximum atomic E-state index is 11.6. The number of fused-ring (bicyclic) bond motifs is 3. The Morgan fingerprint density at radius 1 is 1.09 bits per heavy atom. The molecule has 0 radical (unpaired) electrons. The van der Waals surface area contributed by atoms with Crippen LogP contribution in [0.3, 0.4) is 0 Å². The summed E-state index contributed by atoms with van der Waals surface area (Å²) in [5.41, 5.74) is 3.43. The second-order valence-electron chi connectivity index (χ2n) is 9.36. The van der Waals surface area contributed by atoms with E-state index in [1.807, 2.05) is 48.3 Å². The van der Waals surface area contributed by atoms with Crippen LogP contribution in [0.2, 0.25) is 0 Å². The third kappa shape index (κ3) is 2.73. The summed E-state index contributed by atoms with van der Waals surface area (Å²) in [6, 6.07) is 4.27. The molecule has 0 aromatic carbocycles. The average Bonchev–Trinajstić information content (AvgIpc) is 3.51. The Bertz CT molecular complexity index is 1320. The summed E-state index contributed by atoms with van der Waals surface area (Å²) in [4.78, 5) is 11.7. The molecule has 9 heteroatoms. The molecule has 2 bridgehead atoms. The zero-order valence-electron chi connectivity index (χ0n) is 18.8. The third-order valence-electron chi connectivity index (χ3n) is 7.19. The Balaban J connectivity index is 1.45. The van der Waals surface area contributed by atoms with Crippen LogP contribution in [0.4, 0.5) is 5.82 Å². The van der Waals surface area contributed by atoms with Gasteiger partial charge in [0.2, 0.25) is 0 Å². The zero-order valence-corrected chi connectivity index (χ0v) is 18.8. The minimum atomic E-state index is -0.913. The van der Waals surface area contributed by atoms with E-state index in [4.69, 9.17) is 14.6 Å². The molecule has 6 rings (SSSR count). The van der Waals surface area contributed by atoms with Crippen LogP contribution >= 0.6 is 0 Å². The van der Waals surface area contributed by atoms with Gasteiger partial charge in [0.25, 0.3) is 0 Å². The lowest BCUT2D eigenvalue weighted by Crippen LogP contribution is -2.51. The minimum Gasteiger partial charge on any atom is -0.382 e. The lowest BCUT2D eigenvalue weighted by molar-refractivity contribution is -0.0137. The van der Waals surface area contributed by atoms with Gasteiger partial charge in [-0.05, 0) is 33.6 Å². The largest absolute Gasteiger partial charge is 0.382 e. The van der Waals surface area contributed by atoms with Gasteiger partial charge >= 0.3 is 0 Å². The second-order valence-corrected chi connectivity index (χ2v) is 9.36. The van der Waals surface area contributed by atoms with E-state index in [9.17, 15) is 5.11 Å². The number of piperidine rings is 1. The number of aliphatic hydroxyl groups is 1. The standard InChI is InChI=1S/C23H27N7O2/c1-13-9-19(27-32-13)18-10-20-25-15(3)14(2)21(30(20)26-18)29-16-5-6-17(29)12-23(31,11-16)22-24-7-8-28(22)4/h7-10,16-17,31H,5-6,11-12H2,1-4H3/t16-,17-/m0/s1. The molecule has 2 aliphatic rings. The van der Waals surface area contributed by atoms with Crippen molar-refractivity contribution in [3.05, 3.63) is 47.4 Å². The highest BCUT2D eigenvalue weighted by Crippen LogP contribution is 2.48. The van der Waals surface area contributed by atoms with Crippen molar-refractivity contribution in [2.24, 2.45) is 7.05 Å². The third-order valence-corrected chi connectivity index (χ3v) is 7.19. The van der Waals surface area contributed by atoms with Gasteiger partial charge in [0.15, 0.2) is 5.65 Å². The normalized spacial score (nSPS) is 25.2. The quantitative estimate of drug-likeness (QED) is 0.530. The number of aryl methyl sites for hydroxylation is 3. The molecule has 4 aromatic heterocycles. The van der Waals surface area contributed by atoms with Crippen molar-refractivity contribution in [3.63, 3.8) is 0 Å². The van der Waals surface area contributed by atoms with Gasteiger partial charge in [-0.25, -0.2) is 9.97 Å². The van der Waals surface area contributed by atoms with E-state index in [1.54, 1.807) is 6.20 Å². The Hall–Kier alpha value is -3.20. The molecule has 6 heterocycles. The van der Waals surface area contributed by atoms with Gasteiger partial charge in [0.1, 0.15) is 34.4 Å². The van der Waals surface area contributed by atoms with E-state index in [1.165, 1.54) is 0 Å². The van der Waals surface area contributed by atoms with Crippen molar-refractivity contribution in [1.29, 1.82) is 0 Å². The predicted octanol–water partition coefficient (Wildman–Crippen LogP) is 3.06. The minimum absolute atomic E-state index is 0.209. The maximum absolute atomic E-state index is 11.6. The van der Waals surface area contributed by atoms with Crippen LogP contribution in [0.15, 0.2) is 29.0 Å². The first kappa shape index (κ1) is 19.5. The fourth-order valence-electron chi connectivity index (χ4n) is 5.67. The molecule has 2 saturated heterocycles. The number of anilines is 1. The first-order chi connectivity index (χ1) is 15.3. The summed E-state index contributed by atoms with van der Waals surface area (Å²) in [5, 5.41) is 20.6. The number of hydrogen-bond donors (Lipinski definition) is 1. The lowest BCUT2D eigenvalue weighted by Gasteiger charge is -2.44. The summed E-state index contributed by atoms with van der Waals surface area (Å²) in [5.74, 6) is 2.57. The molecule has 166 valence electrons. The van der Waals surface area contributed by atoms with Crippen LogP contribution in [-0.2, 0) is 12.6 Å². The first-order valence-electron chi connectivity index (χ1n) is 11.1. The molecule has 0 amide bonds. The smallest absolute Gasteiger partial charge is 0.158 e. The van der Waals surface area contributed by atoms with Gasteiger partial charge in [0, 0.05) is 67.8 Å². The molecule has 0 saturated carbocycles. The monoisotopic (exact) mass is 433 g/mol. The average molecular weight is 434 g/mol.